The van der Waals surface area contributed by atoms with Crippen LogP contribution < -0.4 is 11.1 Å². The minimum atomic E-state index is -3.16. The lowest BCUT2D eigenvalue weighted by Gasteiger charge is -2.05. The molecule has 0 aromatic heterocycles. The second-order valence-electron chi connectivity index (χ2n) is 3.92. The Morgan fingerprint density at radius 2 is 2.11 bits per heavy atom. The molecule has 104 valence electrons. The van der Waals surface area contributed by atoms with Crippen LogP contribution in [0.25, 0.3) is 0 Å². The van der Waals surface area contributed by atoms with Crippen molar-refractivity contribution in [2.24, 2.45) is 0 Å². The molecule has 0 spiro atoms. The van der Waals surface area contributed by atoms with Crippen molar-refractivity contribution in [2.75, 3.05) is 24.3 Å². The van der Waals surface area contributed by atoms with Crippen LogP contribution in [-0.2, 0) is 9.84 Å². The molecular formula is C10H13N3O5S. The number of carbonyl (C=O) groups excluding carboxylic acids is 1. The van der Waals surface area contributed by atoms with Crippen molar-refractivity contribution in [1.82, 2.24) is 5.32 Å². The molecular weight excluding hydrogens is 274 g/mol. The molecule has 0 saturated heterocycles. The summed E-state index contributed by atoms with van der Waals surface area (Å²) in [5.74, 6) is -0.716. The second kappa shape index (κ2) is 5.65. The van der Waals surface area contributed by atoms with Gasteiger partial charge in [-0.25, -0.2) is 8.42 Å². The van der Waals surface area contributed by atoms with E-state index in [9.17, 15) is 23.3 Å². The number of amides is 1. The Morgan fingerprint density at radius 3 is 2.58 bits per heavy atom. The minimum Gasteiger partial charge on any atom is -0.393 e. The topological polar surface area (TPSA) is 132 Å². The highest BCUT2D eigenvalue weighted by molar-refractivity contribution is 7.90. The number of benzene rings is 1. The van der Waals surface area contributed by atoms with E-state index in [1.807, 2.05) is 0 Å². The number of anilines is 1. The van der Waals surface area contributed by atoms with Crippen molar-refractivity contribution < 1.29 is 18.1 Å². The summed E-state index contributed by atoms with van der Waals surface area (Å²) in [5.41, 5.74) is 5.17. The van der Waals surface area contributed by atoms with Gasteiger partial charge >= 0.3 is 0 Å². The van der Waals surface area contributed by atoms with Crippen LogP contribution in [0.15, 0.2) is 18.2 Å². The Morgan fingerprint density at radius 1 is 1.47 bits per heavy atom. The fourth-order valence-corrected chi connectivity index (χ4v) is 1.79. The van der Waals surface area contributed by atoms with Crippen LogP contribution in [0.2, 0.25) is 0 Å². The lowest BCUT2D eigenvalue weighted by Crippen LogP contribution is -2.28. The fraction of sp³-hybridized carbons (Fsp3) is 0.300. The van der Waals surface area contributed by atoms with Gasteiger partial charge in [0.2, 0.25) is 0 Å². The zero-order chi connectivity index (χ0) is 14.6. The maximum atomic E-state index is 11.6. The number of carbonyl (C=O) groups is 1. The molecule has 0 aliphatic heterocycles. The first kappa shape index (κ1) is 14.9. The zero-order valence-corrected chi connectivity index (χ0v) is 10.9. The SMILES string of the molecule is CS(=O)(=O)CCNC(=O)c1ccc([N+](=O)[O-])c(N)c1. The quantitative estimate of drug-likeness (QED) is 0.443. The van der Waals surface area contributed by atoms with Crippen LogP contribution in [-0.4, -0.2) is 37.8 Å². The van der Waals surface area contributed by atoms with Gasteiger partial charge in [-0.3, -0.25) is 14.9 Å². The van der Waals surface area contributed by atoms with Gasteiger partial charge in [-0.05, 0) is 12.1 Å². The number of sulfone groups is 1. The lowest BCUT2D eigenvalue weighted by atomic mass is 10.1. The summed E-state index contributed by atoms with van der Waals surface area (Å²) in [6, 6.07) is 3.55. The molecule has 0 atom stereocenters. The third-order valence-electron chi connectivity index (χ3n) is 2.24. The molecule has 8 nitrogen and oxygen atoms in total. The number of nitrogens with two attached hydrogens (primary N) is 1. The maximum Gasteiger partial charge on any atom is 0.292 e. The van der Waals surface area contributed by atoms with E-state index < -0.39 is 20.7 Å². The minimum absolute atomic E-state index is 0.0332. The molecule has 0 saturated carbocycles. The normalized spacial score (nSPS) is 11.0. The molecule has 1 rings (SSSR count). The van der Waals surface area contributed by atoms with Gasteiger partial charge in [-0.2, -0.15) is 0 Å². The zero-order valence-electron chi connectivity index (χ0n) is 10.1. The van der Waals surface area contributed by atoms with Crippen molar-refractivity contribution in [1.29, 1.82) is 0 Å². The summed E-state index contributed by atoms with van der Waals surface area (Å²) in [6.45, 7) is -0.0332. The van der Waals surface area contributed by atoms with E-state index in [1.54, 1.807) is 0 Å². The Hall–Kier alpha value is -2.16. The molecule has 0 unspecified atom stereocenters. The highest BCUT2D eigenvalue weighted by atomic mass is 32.2. The number of hydrogen-bond donors (Lipinski definition) is 2. The monoisotopic (exact) mass is 287 g/mol. The van der Waals surface area contributed by atoms with Gasteiger partial charge in [0.15, 0.2) is 0 Å². The highest BCUT2D eigenvalue weighted by Gasteiger charge is 2.14. The molecule has 0 bridgehead atoms. The Labute approximate surface area is 109 Å². The van der Waals surface area contributed by atoms with Gasteiger partial charge in [0.25, 0.3) is 11.6 Å². The average Bonchev–Trinajstić information content (AvgIpc) is 2.26. The molecule has 19 heavy (non-hydrogen) atoms. The number of nitrogen functional groups attached to an aromatic ring is 1. The molecule has 0 radical (unpaired) electrons. The predicted molar refractivity (Wildman–Crippen MR) is 69.6 cm³/mol. The summed E-state index contributed by atoms with van der Waals surface area (Å²) < 4.78 is 21.8. The number of nitrogens with zero attached hydrogens (tertiary/aromatic N) is 1. The molecule has 1 aromatic carbocycles. The smallest absolute Gasteiger partial charge is 0.292 e. The van der Waals surface area contributed by atoms with Gasteiger partial charge < -0.3 is 11.1 Å². The van der Waals surface area contributed by atoms with E-state index in [-0.39, 0.29) is 29.2 Å². The van der Waals surface area contributed by atoms with Gasteiger partial charge in [-0.1, -0.05) is 0 Å². The number of rotatable bonds is 5. The summed E-state index contributed by atoms with van der Waals surface area (Å²) in [7, 11) is -3.16. The van der Waals surface area contributed by atoms with Crippen LogP contribution in [0.3, 0.4) is 0 Å². The van der Waals surface area contributed by atoms with Crippen LogP contribution in [0.1, 0.15) is 10.4 Å². The molecule has 3 N–H and O–H groups in total. The molecule has 0 aliphatic rings. The molecule has 0 fully saturated rings. The first-order chi connectivity index (χ1) is 8.70. The van der Waals surface area contributed by atoms with Crippen LogP contribution in [0, 0.1) is 10.1 Å². The fourth-order valence-electron chi connectivity index (χ4n) is 1.31. The molecule has 1 aromatic rings. The summed E-state index contributed by atoms with van der Waals surface area (Å²) in [5, 5.41) is 12.9. The third-order valence-corrected chi connectivity index (χ3v) is 3.19. The third kappa shape index (κ3) is 4.54. The Bertz CT molecular complexity index is 612. The number of nitro groups is 1. The van der Waals surface area contributed by atoms with Crippen molar-refractivity contribution in [3.63, 3.8) is 0 Å². The van der Waals surface area contributed by atoms with E-state index >= 15 is 0 Å². The van der Waals surface area contributed by atoms with Crippen LogP contribution >= 0.6 is 0 Å². The Kier molecular flexibility index (Phi) is 4.43. The van der Waals surface area contributed by atoms with E-state index in [1.165, 1.54) is 12.1 Å². The van der Waals surface area contributed by atoms with Crippen molar-refractivity contribution in [3.05, 3.63) is 33.9 Å². The second-order valence-corrected chi connectivity index (χ2v) is 6.18. The number of nitrogens with one attached hydrogen (secondary N) is 1. The van der Waals surface area contributed by atoms with E-state index in [0.717, 1.165) is 12.3 Å². The standard InChI is InChI=1S/C10H13N3O5S/c1-19(17,18)5-4-12-10(14)7-2-3-9(13(15)16)8(11)6-7/h2-3,6H,4-5,11H2,1H3,(H,12,14). The predicted octanol–water partition coefficient (Wildman–Crippen LogP) is -0.0486. The van der Waals surface area contributed by atoms with Gasteiger partial charge in [0.05, 0.1) is 10.7 Å². The van der Waals surface area contributed by atoms with E-state index in [2.05, 4.69) is 5.32 Å². The number of nitro benzene ring substituents is 1. The van der Waals surface area contributed by atoms with Crippen molar-refractivity contribution in [3.8, 4) is 0 Å². The lowest BCUT2D eigenvalue weighted by molar-refractivity contribution is -0.383. The average molecular weight is 287 g/mol. The summed E-state index contributed by atoms with van der Waals surface area (Å²) in [6.07, 6.45) is 1.06. The molecule has 1 amide bonds. The molecule has 0 heterocycles. The van der Waals surface area contributed by atoms with Crippen molar-refractivity contribution in [2.45, 2.75) is 0 Å². The largest absolute Gasteiger partial charge is 0.393 e. The van der Waals surface area contributed by atoms with Gasteiger partial charge in [-0.15, -0.1) is 0 Å². The summed E-state index contributed by atoms with van der Waals surface area (Å²) >= 11 is 0. The van der Waals surface area contributed by atoms with Crippen LogP contribution in [0.5, 0.6) is 0 Å². The van der Waals surface area contributed by atoms with E-state index in [0.29, 0.717) is 0 Å². The van der Waals surface area contributed by atoms with Crippen LogP contribution in [0.4, 0.5) is 11.4 Å². The maximum absolute atomic E-state index is 11.6. The van der Waals surface area contributed by atoms with E-state index in [4.69, 9.17) is 5.73 Å². The van der Waals surface area contributed by atoms with Crippen molar-refractivity contribution >= 4 is 27.1 Å². The molecule has 0 aliphatic carbocycles. The number of hydrogen-bond acceptors (Lipinski definition) is 6. The highest BCUT2D eigenvalue weighted by Crippen LogP contribution is 2.21. The molecule has 9 heteroatoms. The first-order valence-electron chi connectivity index (χ1n) is 5.20. The Balaban J connectivity index is 2.73. The first-order valence-corrected chi connectivity index (χ1v) is 7.26. The van der Waals surface area contributed by atoms with Gasteiger partial charge in [0, 0.05) is 24.4 Å². The van der Waals surface area contributed by atoms with Gasteiger partial charge in [0.1, 0.15) is 15.5 Å². The summed E-state index contributed by atoms with van der Waals surface area (Å²) in [4.78, 5) is 21.5.